The van der Waals surface area contributed by atoms with E-state index in [9.17, 15) is 14.3 Å². The van der Waals surface area contributed by atoms with Gasteiger partial charge in [0.25, 0.3) is 5.91 Å². The molecule has 6 rings (SSSR count). The molecule has 0 spiro atoms. The van der Waals surface area contributed by atoms with Gasteiger partial charge < -0.3 is 30.4 Å². The van der Waals surface area contributed by atoms with E-state index < -0.39 is 11.7 Å². The summed E-state index contributed by atoms with van der Waals surface area (Å²) in [5, 5.41) is 18.3. The second-order valence-electron chi connectivity index (χ2n) is 9.91. The van der Waals surface area contributed by atoms with Gasteiger partial charge in [-0.05, 0) is 42.8 Å². The van der Waals surface area contributed by atoms with E-state index in [1.54, 1.807) is 16.9 Å². The minimum absolute atomic E-state index is 0.0300. The fourth-order valence-corrected chi connectivity index (χ4v) is 5.50. The smallest absolute Gasteiger partial charge is 0.274 e. The molecule has 4 heterocycles. The minimum Gasteiger partial charge on any atom is -0.496 e. The molecule has 4 N–H and O–H groups in total. The van der Waals surface area contributed by atoms with Crippen LogP contribution in [0.15, 0.2) is 67.1 Å². The number of aliphatic hydroxyl groups excluding tert-OH is 1. The number of aromatic nitrogens is 5. The molecule has 0 aliphatic carbocycles. The summed E-state index contributed by atoms with van der Waals surface area (Å²) >= 11 is 0. The van der Waals surface area contributed by atoms with Crippen molar-refractivity contribution >= 4 is 28.2 Å². The van der Waals surface area contributed by atoms with E-state index in [-0.39, 0.29) is 41.5 Å². The third-order valence-corrected chi connectivity index (χ3v) is 7.39. The van der Waals surface area contributed by atoms with Crippen molar-refractivity contribution in [2.75, 3.05) is 30.5 Å². The van der Waals surface area contributed by atoms with Gasteiger partial charge in [0.05, 0.1) is 48.4 Å². The number of aryl methyl sites for hydroxylation is 1. The highest BCUT2D eigenvalue weighted by Gasteiger charge is 2.33. The summed E-state index contributed by atoms with van der Waals surface area (Å²) in [4.78, 5) is 24.1. The van der Waals surface area contributed by atoms with E-state index in [1.165, 1.54) is 31.5 Å². The molecular weight excluding hydrogens is 527 g/mol. The number of anilines is 2. The van der Waals surface area contributed by atoms with Crippen LogP contribution in [0.4, 0.5) is 15.8 Å². The van der Waals surface area contributed by atoms with Gasteiger partial charge in [-0.15, -0.1) is 0 Å². The van der Waals surface area contributed by atoms with Crippen molar-refractivity contribution in [2.45, 2.75) is 18.5 Å². The molecular formula is C29H29FN8O3. The fraction of sp³-hybridized carbons (Fsp3) is 0.241. The third-order valence-electron chi connectivity index (χ3n) is 7.39. The molecule has 0 unspecified atom stereocenters. The summed E-state index contributed by atoms with van der Waals surface area (Å²) in [5.41, 5.74) is 8.60. The summed E-state index contributed by atoms with van der Waals surface area (Å²) in [6.07, 6.45) is 5.69. The van der Waals surface area contributed by atoms with Crippen molar-refractivity contribution in [3.05, 3.63) is 78.6 Å². The number of hydrogen-bond donors (Lipinski definition) is 3. The standard InChI is InChI=1S/C29H29FN8O3/c1-36-25(9-12-33-36)37-13-10-19-23(37)7-6-21(27(19)38-15-17(31)14-18(38)16-39)35-29(40)22-8-11-32-28(34-22)26-20(30)4-3-5-24(26)41-2/h3-13,17-18,39H,14-16,31H2,1-2H3,(H,35,40)/t17-,18-/m0/s1. The molecule has 1 amide bonds. The zero-order valence-corrected chi connectivity index (χ0v) is 22.5. The molecule has 0 bridgehead atoms. The van der Waals surface area contributed by atoms with E-state index in [1.807, 2.05) is 47.0 Å². The van der Waals surface area contributed by atoms with Crippen molar-refractivity contribution in [3.8, 4) is 23.0 Å². The molecule has 1 saturated heterocycles. The van der Waals surface area contributed by atoms with Crippen LogP contribution >= 0.6 is 0 Å². The lowest BCUT2D eigenvalue weighted by Crippen LogP contribution is -2.34. The van der Waals surface area contributed by atoms with E-state index in [2.05, 4.69) is 20.4 Å². The van der Waals surface area contributed by atoms with E-state index in [0.717, 1.165) is 22.4 Å². The maximum absolute atomic E-state index is 14.7. The van der Waals surface area contributed by atoms with Gasteiger partial charge in [0.1, 0.15) is 23.1 Å². The average Bonchev–Trinajstić information content (AvgIpc) is 3.70. The predicted octanol–water partition coefficient (Wildman–Crippen LogP) is 3.12. The molecule has 41 heavy (non-hydrogen) atoms. The molecule has 5 aromatic rings. The molecule has 210 valence electrons. The second-order valence-corrected chi connectivity index (χ2v) is 9.91. The maximum atomic E-state index is 14.7. The minimum atomic E-state index is -0.562. The van der Waals surface area contributed by atoms with Gasteiger partial charge in [0.15, 0.2) is 5.82 Å². The van der Waals surface area contributed by atoms with Crippen molar-refractivity contribution in [1.29, 1.82) is 0 Å². The Balaban J connectivity index is 1.42. The van der Waals surface area contributed by atoms with Crippen LogP contribution in [0.3, 0.4) is 0 Å². The molecule has 3 aromatic heterocycles. The number of halogens is 1. The van der Waals surface area contributed by atoms with Crippen molar-refractivity contribution < 1.29 is 19.0 Å². The number of nitrogens with zero attached hydrogens (tertiary/aromatic N) is 6. The number of hydrogen-bond acceptors (Lipinski definition) is 8. The van der Waals surface area contributed by atoms with Gasteiger partial charge in [-0.25, -0.2) is 14.4 Å². The molecule has 1 aliphatic heterocycles. The van der Waals surface area contributed by atoms with Crippen LogP contribution in [0.5, 0.6) is 5.75 Å². The topological polar surface area (TPSA) is 136 Å². The van der Waals surface area contributed by atoms with Crippen LogP contribution in [-0.4, -0.2) is 67.7 Å². The first-order valence-corrected chi connectivity index (χ1v) is 13.1. The molecule has 0 radical (unpaired) electrons. The number of aliphatic hydroxyl groups is 1. The summed E-state index contributed by atoms with van der Waals surface area (Å²) < 4.78 is 23.8. The first kappa shape index (κ1) is 26.4. The second kappa shape index (κ2) is 10.6. The Morgan fingerprint density at radius 2 is 2.05 bits per heavy atom. The molecule has 0 saturated carbocycles. The van der Waals surface area contributed by atoms with Crippen LogP contribution in [0, 0.1) is 5.82 Å². The van der Waals surface area contributed by atoms with Crippen molar-refractivity contribution in [2.24, 2.45) is 12.8 Å². The first-order chi connectivity index (χ1) is 19.9. The van der Waals surface area contributed by atoms with Crippen LogP contribution in [0.1, 0.15) is 16.9 Å². The van der Waals surface area contributed by atoms with Crippen LogP contribution < -0.4 is 20.7 Å². The lowest BCUT2D eigenvalue weighted by atomic mass is 10.1. The number of benzene rings is 2. The SMILES string of the molecule is COc1cccc(F)c1-c1nccc(C(=O)Nc2ccc3c(ccn3-c3ccnn3C)c2N2C[C@@H](N)C[C@H]2CO)n1. The summed E-state index contributed by atoms with van der Waals surface area (Å²) in [6.45, 7) is 0.425. The maximum Gasteiger partial charge on any atom is 0.274 e. The molecule has 12 heteroatoms. The monoisotopic (exact) mass is 556 g/mol. The van der Waals surface area contributed by atoms with Gasteiger partial charge in [-0.1, -0.05) is 6.07 Å². The lowest BCUT2D eigenvalue weighted by Gasteiger charge is -2.28. The number of fused-ring (bicyclic) bond motifs is 1. The Hall–Kier alpha value is -4.81. The number of nitrogens with one attached hydrogen (secondary N) is 1. The van der Waals surface area contributed by atoms with E-state index >= 15 is 0 Å². The number of amides is 1. The molecule has 2 aromatic carbocycles. The first-order valence-electron chi connectivity index (χ1n) is 13.1. The third kappa shape index (κ3) is 4.66. The van der Waals surface area contributed by atoms with Gasteiger partial charge in [0.2, 0.25) is 0 Å². The number of rotatable bonds is 7. The zero-order valence-electron chi connectivity index (χ0n) is 22.5. The highest BCUT2D eigenvalue weighted by Crippen LogP contribution is 2.40. The Morgan fingerprint density at radius 1 is 1.20 bits per heavy atom. The largest absolute Gasteiger partial charge is 0.496 e. The van der Waals surface area contributed by atoms with E-state index in [4.69, 9.17) is 10.5 Å². The van der Waals surface area contributed by atoms with Crippen molar-refractivity contribution in [1.82, 2.24) is 24.3 Å². The Labute approximate surface area is 235 Å². The number of carbonyl (C=O) groups is 1. The summed E-state index contributed by atoms with van der Waals surface area (Å²) in [7, 11) is 3.29. The predicted molar refractivity (Wildman–Crippen MR) is 153 cm³/mol. The lowest BCUT2D eigenvalue weighted by molar-refractivity contribution is 0.102. The fourth-order valence-electron chi connectivity index (χ4n) is 5.50. The quantitative estimate of drug-likeness (QED) is 0.278. The Bertz CT molecular complexity index is 1750. The Kier molecular flexibility index (Phi) is 6.85. The molecule has 11 nitrogen and oxygen atoms in total. The number of nitrogens with two attached hydrogens (primary N) is 1. The Morgan fingerprint density at radius 3 is 2.80 bits per heavy atom. The molecule has 2 atom stereocenters. The van der Waals surface area contributed by atoms with E-state index in [0.29, 0.717) is 18.7 Å². The van der Waals surface area contributed by atoms with Gasteiger partial charge in [0, 0.05) is 43.5 Å². The van der Waals surface area contributed by atoms with Crippen LogP contribution in [0.2, 0.25) is 0 Å². The van der Waals surface area contributed by atoms with Gasteiger partial charge in [-0.2, -0.15) is 5.10 Å². The number of ether oxygens (including phenoxy) is 1. The summed E-state index contributed by atoms with van der Waals surface area (Å²) in [5.74, 6) is 0.0976. The number of methoxy groups -OCH3 is 1. The zero-order chi connectivity index (χ0) is 28.7. The van der Waals surface area contributed by atoms with Gasteiger partial charge in [-0.3, -0.25) is 9.48 Å². The summed E-state index contributed by atoms with van der Waals surface area (Å²) in [6, 6.07) is 13.1. The highest BCUT2D eigenvalue weighted by molar-refractivity contribution is 6.09. The van der Waals surface area contributed by atoms with Crippen molar-refractivity contribution in [3.63, 3.8) is 0 Å². The van der Waals surface area contributed by atoms with Crippen LogP contribution in [-0.2, 0) is 7.05 Å². The number of carbonyl (C=O) groups excluding carboxylic acids is 1. The average molecular weight is 557 g/mol. The normalized spacial score (nSPS) is 16.9. The van der Waals surface area contributed by atoms with Crippen LogP contribution in [0.25, 0.3) is 28.1 Å². The highest BCUT2D eigenvalue weighted by atomic mass is 19.1. The molecule has 1 aliphatic rings. The van der Waals surface area contributed by atoms with Gasteiger partial charge >= 0.3 is 0 Å². The molecule has 1 fully saturated rings.